The van der Waals surface area contributed by atoms with Gasteiger partial charge in [-0.2, -0.15) is 8.42 Å². The number of thiocarbonyl (C=S) groups is 1. The van der Waals surface area contributed by atoms with Crippen LogP contribution in [-0.2, 0) is 14.7 Å². The first-order valence-electron chi connectivity index (χ1n) is 2.50. The maximum Gasteiger partial charge on any atom is 0.418 e. The summed E-state index contributed by atoms with van der Waals surface area (Å²) in [6.07, 6.45) is 1.37. The fraction of sp³-hybridized carbons (Fsp3) is 0.333. The second-order valence-corrected chi connectivity index (χ2v) is 3.03. The molecule has 1 aliphatic heterocycles. The molecule has 0 amide bonds. The lowest BCUT2D eigenvalue weighted by Gasteiger charge is -2.10. The normalized spacial score (nSPS) is 17.9. The highest BCUT2D eigenvalue weighted by Crippen LogP contribution is 2.03. The first kappa shape index (κ1) is 8.53. The molecule has 0 aliphatic carbocycles. The molecule has 0 spiro atoms. The summed E-state index contributed by atoms with van der Waals surface area (Å²) in [5.41, 5.74) is 0. The summed E-state index contributed by atoms with van der Waals surface area (Å²) in [4.78, 5) is 3.53. The van der Waals surface area contributed by atoms with Crippen LogP contribution in [0.4, 0.5) is 0 Å². The molecule has 1 aliphatic rings. The van der Waals surface area contributed by atoms with Crippen LogP contribution < -0.4 is 0 Å². The Balaban J connectivity index is 2.60. The Morgan fingerprint density at radius 2 is 2.45 bits per heavy atom. The molecule has 0 atom stereocenters. The van der Waals surface area contributed by atoms with Crippen LogP contribution in [-0.4, -0.2) is 35.9 Å². The molecule has 8 heteroatoms. The van der Waals surface area contributed by atoms with Gasteiger partial charge in [-0.05, 0) is 12.2 Å². The fourth-order valence-corrected chi connectivity index (χ4v) is 1.10. The number of hydrogen-bond acceptors (Lipinski definition) is 4. The van der Waals surface area contributed by atoms with Crippen molar-refractivity contribution in [3.8, 4) is 0 Å². The molecule has 1 N–H and O–H groups in total. The van der Waals surface area contributed by atoms with Crippen molar-refractivity contribution in [2.45, 2.75) is 0 Å². The quantitative estimate of drug-likeness (QED) is 0.469. The molecule has 0 aromatic carbocycles. The summed E-state index contributed by atoms with van der Waals surface area (Å²) in [5.74, 6) is 0. The lowest BCUT2D eigenvalue weighted by atomic mass is 10.8. The molecule has 11 heavy (non-hydrogen) atoms. The van der Waals surface area contributed by atoms with Crippen molar-refractivity contribution >= 4 is 33.9 Å². The number of hydrogen-bond donors (Lipinski definition) is 1. The molecule has 0 aromatic rings. The zero-order chi connectivity index (χ0) is 8.48. The molecule has 62 valence electrons. The SMILES string of the molecule is O=S(=O)(O)ON1CC=NC1=S. The minimum Gasteiger partial charge on any atom is -0.262 e. The van der Waals surface area contributed by atoms with Gasteiger partial charge in [-0.25, -0.2) is 10.1 Å². The van der Waals surface area contributed by atoms with E-state index < -0.39 is 10.4 Å². The van der Waals surface area contributed by atoms with Crippen LogP contribution in [0.1, 0.15) is 0 Å². The summed E-state index contributed by atoms with van der Waals surface area (Å²) in [6, 6.07) is 0. The highest BCUT2D eigenvalue weighted by Gasteiger charge is 2.19. The third-order valence-corrected chi connectivity index (χ3v) is 1.52. The van der Waals surface area contributed by atoms with E-state index in [4.69, 9.17) is 4.55 Å². The molecule has 1 rings (SSSR count). The molecule has 0 bridgehead atoms. The predicted octanol–water partition coefficient (Wildman–Crippen LogP) is -0.608. The molecule has 0 radical (unpaired) electrons. The molecule has 0 unspecified atom stereocenters. The van der Waals surface area contributed by atoms with E-state index in [0.29, 0.717) is 0 Å². The van der Waals surface area contributed by atoms with Crippen molar-refractivity contribution in [1.29, 1.82) is 0 Å². The van der Waals surface area contributed by atoms with Gasteiger partial charge < -0.3 is 0 Å². The first-order chi connectivity index (χ1) is 4.99. The first-order valence-corrected chi connectivity index (χ1v) is 4.27. The minimum atomic E-state index is -4.48. The van der Waals surface area contributed by atoms with E-state index in [1.165, 1.54) is 6.21 Å². The Hall–Kier alpha value is -0.570. The predicted molar refractivity (Wildman–Crippen MR) is 40.4 cm³/mol. The average Bonchev–Trinajstić information content (AvgIpc) is 2.12. The minimum absolute atomic E-state index is 0.0253. The van der Waals surface area contributed by atoms with Gasteiger partial charge in [0.25, 0.3) is 0 Å². The van der Waals surface area contributed by atoms with E-state index in [1.54, 1.807) is 0 Å². The number of rotatable bonds is 2. The number of aliphatic imine (C=N–C) groups is 1. The maximum atomic E-state index is 10.1. The number of nitrogens with zero attached hydrogens (tertiary/aromatic N) is 2. The molecule has 1 heterocycles. The van der Waals surface area contributed by atoms with Crippen molar-refractivity contribution in [2.24, 2.45) is 4.99 Å². The second kappa shape index (κ2) is 2.81. The van der Waals surface area contributed by atoms with Crippen molar-refractivity contribution < 1.29 is 17.3 Å². The zero-order valence-electron chi connectivity index (χ0n) is 5.17. The molecule has 0 fully saturated rings. The highest BCUT2D eigenvalue weighted by molar-refractivity contribution is 7.81. The van der Waals surface area contributed by atoms with E-state index >= 15 is 0 Å². The maximum absolute atomic E-state index is 10.1. The van der Waals surface area contributed by atoms with E-state index in [0.717, 1.165) is 5.06 Å². The summed E-state index contributed by atoms with van der Waals surface area (Å²) in [5, 5.41) is 0.757. The standard InChI is InChI=1S/C3H4N2O4S2/c6-11(7,8)9-5-2-1-4-3(5)10/h1H,2H2,(H,6,7,8). The van der Waals surface area contributed by atoms with Gasteiger partial charge in [-0.15, -0.1) is 4.28 Å². The van der Waals surface area contributed by atoms with Crippen molar-refractivity contribution in [3.05, 3.63) is 0 Å². The molecule has 0 aromatic heterocycles. The topological polar surface area (TPSA) is 79.2 Å². The Labute approximate surface area is 68.4 Å². The van der Waals surface area contributed by atoms with E-state index in [1.807, 2.05) is 0 Å². The monoisotopic (exact) mass is 196 g/mol. The summed E-state index contributed by atoms with van der Waals surface area (Å²) in [7, 11) is -4.48. The van der Waals surface area contributed by atoms with Crippen molar-refractivity contribution in [3.63, 3.8) is 0 Å². The fourth-order valence-electron chi connectivity index (χ4n) is 0.512. The summed E-state index contributed by atoms with van der Waals surface area (Å²) in [6.45, 7) is 0.124. The van der Waals surface area contributed by atoms with Gasteiger partial charge in [0.15, 0.2) is 0 Å². The van der Waals surface area contributed by atoms with Crippen LogP contribution in [0, 0.1) is 0 Å². The Kier molecular flexibility index (Phi) is 2.18. The van der Waals surface area contributed by atoms with Gasteiger partial charge in [0.05, 0.1) is 6.54 Å². The summed E-state index contributed by atoms with van der Waals surface area (Å²) < 4.78 is 32.4. The third-order valence-electron chi connectivity index (χ3n) is 0.847. The number of hydroxylamine groups is 2. The largest absolute Gasteiger partial charge is 0.418 e. The third kappa shape index (κ3) is 2.50. The Morgan fingerprint density at radius 1 is 1.82 bits per heavy atom. The molecule has 0 saturated carbocycles. The summed E-state index contributed by atoms with van der Waals surface area (Å²) >= 11 is 4.54. The lowest BCUT2D eigenvalue weighted by molar-refractivity contribution is 0.0357. The van der Waals surface area contributed by atoms with E-state index in [2.05, 4.69) is 21.5 Å². The molecule has 6 nitrogen and oxygen atoms in total. The Bertz CT molecular complexity index is 294. The van der Waals surface area contributed by atoms with E-state index in [-0.39, 0.29) is 11.7 Å². The Morgan fingerprint density at radius 3 is 2.82 bits per heavy atom. The van der Waals surface area contributed by atoms with Gasteiger partial charge >= 0.3 is 10.4 Å². The van der Waals surface area contributed by atoms with Gasteiger partial charge in [0.1, 0.15) is 0 Å². The van der Waals surface area contributed by atoms with Crippen LogP contribution >= 0.6 is 12.2 Å². The van der Waals surface area contributed by atoms with Crippen LogP contribution in [0.3, 0.4) is 0 Å². The van der Waals surface area contributed by atoms with Crippen LogP contribution in [0.5, 0.6) is 0 Å². The van der Waals surface area contributed by atoms with Gasteiger partial charge in [0.2, 0.25) is 5.11 Å². The molecular formula is C3H4N2O4S2. The van der Waals surface area contributed by atoms with Gasteiger partial charge in [-0.1, -0.05) is 0 Å². The van der Waals surface area contributed by atoms with Crippen LogP contribution in [0.15, 0.2) is 4.99 Å². The smallest absolute Gasteiger partial charge is 0.262 e. The van der Waals surface area contributed by atoms with Crippen molar-refractivity contribution in [1.82, 2.24) is 5.06 Å². The van der Waals surface area contributed by atoms with Crippen molar-refractivity contribution in [2.75, 3.05) is 6.54 Å². The zero-order valence-corrected chi connectivity index (χ0v) is 6.80. The molecular weight excluding hydrogens is 192 g/mol. The highest BCUT2D eigenvalue weighted by atomic mass is 32.3. The van der Waals surface area contributed by atoms with Crippen LogP contribution in [0.2, 0.25) is 0 Å². The van der Waals surface area contributed by atoms with E-state index in [9.17, 15) is 8.42 Å². The lowest BCUT2D eigenvalue weighted by Crippen LogP contribution is -2.28. The average molecular weight is 196 g/mol. The second-order valence-electron chi connectivity index (χ2n) is 1.66. The molecule has 0 saturated heterocycles. The van der Waals surface area contributed by atoms with Gasteiger partial charge in [-0.3, -0.25) is 4.55 Å². The van der Waals surface area contributed by atoms with Gasteiger partial charge in [0, 0.05) is 6.21 Å². The van der Waals surface area contributed by atoms with Crippen LogP contribution in [0.25, 0.3) is 0 Å².